The van der Waals surface area contributed by atoms with Crippen LogP contribution in [-0.4, -0.2) is 13.1 Å². The first-order chi connectivity index (χ1) is 7.37. The van der Waals surface area contributed by atoms with Crippen LogP contribution in [0.25, 0.3) is 0 Å². The standard InChI is InChI=1S/C13H21NSSi/c1-11-5-7-12(8-6-11)15-13(14)9-10-16(2,3)4/h5-8,14H,9-10H2,1-4H3. The fourth-order valence-electron chi connectivity index (χ4n) is 1.29. The van der Waals surface area contributed by atoms with Crippen molar-refractivity contribution in [1.29, 1.82) is 5.41 Å². The highest BCUT2D eigenvalue weighted by Gasteiger charge is 2.13. The molecule has 0 aliphatic heterocycles. The monoisotopic (exact) mass is 251 g/mol. The lowest BCUT2D eigenvalue weighted by Crippen LogP contribution is -2.19. The zero-order valence-corrected chi connectivity index (χ0v) is 12.4. The molecule has 0 saturated carbocycles. The average Bonchev–Trinajstić information content (AvgIpc) is 2.18. The number of thioether (sulfide) groups is 1. The van der Waals surface area contributed by atoms with Gasteiger partial charge in [0, 0.05) is 13.0 Å². The van der Waals surface area contributed by atoms with E-state index in [0.29, 0.717) is 0 Å². The molecule has 0 saturated heterocycles. The van der Waals surface area contributed by atoms with Gasteiger partial charge in [-0.25, -0.2) is 0 Å². The van der Waals surface area contributed by atoms with E-state index in [9.17, 15) is 0 Å². The van der Waals surface area contributed by atoms with Gasteiger partial charge in [-0.1, -0.05) is 55.1 Å². The summed E-state index contributed by atoms with van der Waals surface area (Å²) in [6.45, 7) is 9.16. The summed E-state index contributed by atoms with van der Waals surface area (Å²) in [6, 6.07) is 9.62. The molecule has 88 valence electrons. The highest BCUT2D eigenvalue weighted by molar-refractivity contribution is 8.13. The van der Waals surface area contributed by atoms with Crippen LogP contribution in [0, 0.1) is 12.3 Å². The van der Waals surface area contributed by atoms with Crippen LogP contribution in [0.15, 0.2) is 29.2 Å². The molecular formula is C13H21NSSi. The van der Waals surface area contributed by atoms with Crippen LogP contribution in [0.3, 0.4) is 0 Å². The third-order valence-corrected chi connectivity index (χ3v) is 5.07. The molecule has 0 aromatic heterocycles. The van der Waals surface area contributed by atoms with Crippen molar-refractivity contribution in [2.75, 3.05) is 0 Å². The summed E-state index contributed by atoms with van der Waals surface area (Å²) in [5.74, 6) is 0. The van der Waals surface area contributed by atoms with Gasteiger partial charge in [-0.05, 0) is 25.5 Å². The maximum absolute atomic E-state index is 7.94. The molecule has 1 N–H and O–H groups in total. The Balaban J connectivity index is 2.43. The molecule has 0 radical (unpaired) electrons. The van der Waals surface area contributed by atoms with Gasteiger partial charge >= 0.3 is 0 Å². The van der Waals surface area contributed by atoms with Gasteiger partial charge in [-0.2, -0.15) is 0 Å². The van der Waals surface area contributed by atoms with Gasteiger partial charge in [0.2, 0.25) is 0 Å². The molecule has 0 heterocycles. The first-order valence-electron chi connectivity index (χ1n) is 5.69. The van der Waals surface area contributed by atoms with E-state index in [-0.39, 0.29) is 0 Å². The number of hydrogen-bond acceptors (Lipinski definition) is 2. The van der Waals surface area contributed by atoms with Gasteiger partial charge in [0.1, 0.15) is 0 Å². The van der Waals surface area contributed by atoms with Crippen molar-refractivity contribution >= 4 is 24.9 Å². The molecule has 0 unspecified atom stereocenters. The van der Waals surface area contributed by atoms with Crippen molar-refractivity contribution < 1.29 is 0 Å². The van der Waals surface area contributed by atoms with E-state index in [4.69, 9.17) is 5.41 Å². The molecule has 0 spiro atoms. The summed E-state index contributed by atoms with van der Waals surface area (Å²) in [6.07, 6.45) is 0.939. The summed E-state index contributed by atoms with van der Waals surface area (Å²) in [4.78, 5) is 1.19. The van der Waals surface area contributed by atoms with E-state index in [1.165, 1.54) is 16.5 Å². The molecule has 0 amide bonds. The van der Waals surface area contributed by atoms with Gasteiger partial charge in [0.15, 0.2) is 0 Å². The van der Waals surface area contributed by atoms with Crippen molar-refractivity contribution in [2.45, 2.75) is 43.9 Å². The van der Waals surface area contributed by atoms with E-state index in [1.807, 2.05) is 0 Å². The van der Waals surface area contributed by atoms with E-state index >= 15 is 0 Å². The van der Waals surface area contributed by atoms with Crippen LogP contribution in [0.5, 0.6) is 0 Å². The molecule has 3 heteroatoms. The Morgan fingerprint density at radius 3 is 2.25 bits per heavy atom. The minimum atomic E-state index is -1.00. The van der Waals surface area contributed by atoms with Crippen molar-refractivity contribution in [3.63, 3.8) is 0 Å². The maximum atomic E-state index is 7.94. The third-order valence-electron chi connectivity index (χ3n) is 2.36. The van der Waals surface area contributed by atoms with Crippen molar-refractivity contribution in [2.24, 2.45) is 0 Å². The largest absolute Gasteiger partial charge is 0.298 e. The first kappa shape index (κ1) is 13.5. The van der Waals surface area contributed by atoms with E-state index < -0.39 is 8.07 Å². The second-order valence-electron chi connectivity index (χ2n) is 5.40. The minimum Gasteiger partial charge on any atom is -0.298 e. The lowest BCUT2D eigenvalue weighted by Gasteiger charge is -2.15. The summed E-state index contributed by atoms with van der Waals surface area (Å²) < 4.78 is 0. The van der Waals surface area contributed by atoms with Crippen molar-refractivity contribution in [1.82, 2.24) is 0 Å². The van der Waals surface area contributed by atoms with Gasteiger partial charge in [-0.15, -0.1) is 0 Å². The number of benzene rings is 1. The maximum Gasteiger partial charge on any atom is 0.0686 e. The van der Waals surface area contributed by atoms with E-state index in [0.717, 1.165) is 11.5 Å². The van der Waals surface area contributed by atoms with Crippen molar-refractivity contribution in [3.8, 4) is 0 Å². The van der Waals surface area contributed by atoms with Gasteiger partial charge in [-0.3, -0.25) is 5.41 Å². The average molecular weight is 251 g/mol. The van der Waals surface area contributed by atoms with Gasteiger partial charge in [0.25, 0.3) is 0 Å². The molecule has 1 nitrogen and oxygen atoms in total. The molecule has 0 aliphatic rings. The molecule has 1 aromatic carbocycles. The third kappa shape index (κ3) is 5.52. The predicted octanol–water partition coefficient (Wildman–Crippen LogP) is 4.79. The second-order valence-corrected chi connectivity index (χ2v) is 12.2. The fraction of sp³-hybridized carbons (Fsp3) is 0.462. The van der Waals surface area contributed by atoms with Crippen LogP contribution in [-0.2, 0) is 0 Å². The Bertz CT molecular complexity index is 351. The van der Waals surface area contributed by atoms with Crippen molar-refractivity contribution in [3.05, 3.63) is 29.8 Å². The number of nitrogens with one attached hydrogen (secondary N) is 1. The Labute approximate surface area is 104 Å². The predicted molar refractivity (Wildman–Crippen MR) is 77.5 cm³/mol. The van der Waals surface area contributed by atoms with Crippen LogP contribution in [0.2, 0.25) is 25.7 Å². The molecule has 1 aromatic rings. The highest BCUT2D eigenvalue weighted by Crippen LogP contribution is 2.23. The molecule has 16 heavy (non-hydrogen) atoms. The lowest BCUT2D eigenvalue weighted by molar-refractivity contribution is 1.21. The first-order valence-corrected chi connectivity index (χ1v) is 10.2. The summed E-state index contributed by atoms with van der Waals surface area (Å²) in [5.41, 5.74) is 1.28. The van der Waals surface area contributed by atoms with Crippen LogP contribution in [0.4, 0.5) is 0 Å². The number of aryl methyl sites for hydroxylation is 1. The minimum absolute atomic E-state index is 0.797. The van der Waals surface area contributed by atoms with Crippen LogP contribution >= 0.6 is 11.8 Å². The Morgan fingerprint density at radius 2 is 1.75 bits per heavy atom. The molecular weight excluding hydrogens is 230 g/mol. The normalized spacial score (nSPS) is 11.5. The molecule has 1 rings (SSSR count). The Kier molecular flexibility index (Phi) is 4.81. The fourth-order valence-corrected chi connectivity index (χ4v) is 3.23. The molecule has 0 bridgehead atoms. The smallest absolute Gasteiger partial charge is 0.0686 e. The summed E-state index contributed by atoms with van der Waals surface area (Å²) in [5, 5.41) is 8.74. The number of rotatable bonds is 4. The molecule has 0 fully saturated rings. The topological polar surface area (TPSA) is 23.9 Å². The summed E-state index contributed by atoms with van der Waals surface area (Å²) in [7, 11) is -1.00. The quantitative estimate of drug-likeness (QED) is 0.353. The zero-order valence-electron chi connectivity index (χ0n) is 10.6. The van der Waals surface area contributed by atoms with E-state index in [2.05, 4.69) is 50.8 Å². The SMILES string of the molecule is Cc1ccc(SC(=N)CC[Si](C)(C)C)cc1. The highest BCUT2D eigenvalue weighted by atomic mass is 32.2. The molecule has 0 aliphatic carbocycles. The van der Waals surface area contributed by atoms with Crippen LogP contribution in [0.1, 0.15) is 12.0 Å². The zero-order chi connectivity index (χ0) is 12.2. The Hall–Kier alpha value is -0.543. The van der Waals surface area contributed by atoms with Gasteiger partial charge in [0.05, 0.1) is 5.04 Å². The van der Waals surface area contributed by atoms with E-state index in [1.54, 1.807) is 11.8 Å². The summed E-state index contributed by atoms with van der Waals surface area (Å²) >= 11 is 1.60. The van der Waals surface area contributed by atoms with Gasteiger partial charge < -0.3 is 0 Å². The number of hydrogen-bond donors (Lipinski definition) is 1. The molecule has 0 atom stereocenters. The second kappa shape index (κ2) is 5.69. The van der Waals surface area contributed by atoms with Crippen LogP contribution < -0.4 is 0 Å². The Morgan fingerprint density at radius 1 is 1.19 bits per heavy atom. The lowest BCUT2D eigenvalue weighted by atomic mass is 10.2.